The number of nitrogens with zero attached hydrogens (tertiary/aromatic N) is 3. The number of aromatic nitrogens is 2. The molecule has 8 heteroatoms. The number of para-hydroxylation sites is 1. The molecule has 24 heavy (non-hydrogen) atoms. The molecule has 0 radical (unpaired) electrons. The summed E-state index contributed by atoms with van der Waals surface area (Å²) in [7, 11) is 0. The number of rotatable bonds is 4. The fourth-order valence-corrected chi connectivity index (χ4v) is 2.74. The van der Waals surface area contributed by atoms with Crippen molar-refractivity contribution >= 4 is 17.7 Å². The average Bonchev–Trinajstić information content (AvgIpc) is 3.06. The van der Waals surface area contributed by atoms with Crippen LogP contribution in [0.15, 0.2) is 36.7 Å². The van der Waals surface area contributed by atoms with Gasteiger partial charge in [-0.2, -0.15) is 0 Å². The highest BCUT2D eigenvalue weighted by atomic mass is 19.1. The Morgan fingerprint density at radius 2 is 1.92 bits per heavy atom. The van der Waals surface area contributed by atoms with Gasteiger partial charge in [-0.05, 0) is 31.0 Å². The van der Waals surface area contributed by atoms with Crippen LogP contribution >= 0.6 is 0 Å². The number of anilines is 2. The molecule has 3 rings (SSSR count). The maximum Gasteiger partial charge on any atom is 0.319 e. The molecule has 2 aromatic rings. The molecule has 0 unspecified atom stereocenters. The standard InChI is InChI=1S/C16H17F2N5O/c17-12-5-1-6-13(18)14(12)22-16(24)21-10-11-4-2-9-23(11)15-19-7-3-8-20-15/h1,3,5-8,11H,2,4,9-10H2,(H2,21,22,24)/t11-/m0/s1. The minimum absolute atomic E-state index is 0.0450. The SMILES string of the molecule is O=C(NC[C@@H]1CCCN1c1ncccn1)Nc1c(F)cccc1F. The van der Waals surface area contributed by atoms with E-state index in [1.54, 1.807) is 18.5 Å². The Balaban J connectivity index is 1.58. The topological polar surface area (TPSA) is 70.2 Å². The number of urea groups is 1. The van der Waals surface area contributed by atoms with E-state index in [2.05, 4.69) is 20.6 Å². The maximum atomic E-state index is 13.5. The lowest BCUT2D eigenvalue weighted by atomic mass is 10.2. The zero-order valence-corrected chi connectivity index (χ0v) is 12.9. The van der Waals surface area contributed by atoms with Crippen LogP contribution in [0.1, 0.15) is 12.8 Å². The lowest BCUT2D eigenvalue weighted by Gasteiger charge is -2.24. The van der Waals surface area contributed by atoms with Crippen molar-refractivity contribution in [2.24, 2.45) is 0 Å². The Morgan fingerprint density at radius 1 is 1.21 bits per heavy atom. The molecule has 2 N–H and O–H groups in total. The second kappa shape index (κ2) is 7.20. The van der Waals surface area contributed by atoms with Crippen molar-refractivity contribution in [2.75, 3.05) is 23.3 Å². The number of halogens is 2. The number of hydrogen-bond acceptors (Lipinski definition) is 4. The lowest BCUT2D eigenvalue weighted by Crippen LogP contribution is -2.42. The number of amides is 2. The fraction of sp³-hybridized carbons (Fsp3) is 0.312. The Morgan fingerprint density at radius 3 is 2.62 bits per heavy atom. The first kappa shape index (κ1) is 16.1. The molecule has 1 aromatic carbocycles. The molecule has 1 aliphatic heterocycles. The largest absolute Gasteiger partial charge is 0.336 e. The highest BCUT2D eigenvalue weighted by molar-refractivity contribution is 5.89. The summed E-state index contributed by atoms with van der Waals surface area (Å²) in [6.07, 6.45) is 5.18. The molecule has 2 amide bonds. The highest BCUT2D eigenvalue weighted by Crippen LogP contribution is 2.21. The lowest BCUT2D eigenvalue weighted by molar-refractivity contribution is 0.251. The van der Waals surface area contributed by atoms with Crippen LogP contribution < -0.4 is 15.5 Å². The van der Waals surface area contributed by atoms with Gasteiger partial charge in [0.05, 0.1) is 0 Å². The third-order valence-corrected chi connectivity index (χ3v) is 3.89. The molecule has 6 nitrogen and oxygen atoms in total. The van der Waals surface area contributed by atoms with Gasteiger partial charge in [0.2, 0.25) is 5.95 Å². The first-order chi connectivity index (χ1) is 11.6. The summed E-state index contributed by atoms with van der Waals surface area (Å²) in [4.78, 5) is 22.4. The summed E-state index contributed by atoms with van der Waals surface area (Å²) in [5.41, 5.74) is -0.454. The molecule has 0 aliphatic carbocycles. The molecule has 1 aromatic heterocycles. The summed E-state index contributed by atoms with van der Waals surface area (Å²) < 4.78 is 27.1. The molecule has 0 saturated carbocycles. The number of carbonyl (C=O) groups is 1. The predicted molar refractivity (Wildman–Crippen MR) is 85.8 cm³/mol. The van der Waals surface area contributed by atoms with Crippen molar-refractivity contribution < 1.29 is 13.6 Å². The molecule has 0 spiro atoms. The summed E-state index contributed by atoms with van der Waals surface area (Å²) in [6, 6.07) is 4.55. The van der Waals surface area contributed by atoms with E-state index in [0.29, 0.717) is 12.5 Å². The first-order valence-electron chi connectivity index (χ1n) is 7.67. The van der Waals surface area contributed by atoms with Crippen molar-refractivity contribution in [3.63, 3.8) is 0 Å². The van der Waals surface area contributed by atoms with Crippen LogP contribution in [0.3, 0.4) is 0 Å². The number of benzene rings is 1. The van der Waals surface area contributed by atoms with E-state index < -0.39 is 23.4 Å². The van der Waals surface area contributed by atoms with Crippen LogP contribution in [0.5, 0.6) is 0 Å². The molecule has 126 valence electrons. The minimum Gasteiger partial charge on any atom is -0.336 e. The van der Waals surface area contributed by atoms with Gasteiger partial charge in [0.1, 0.15) is 17.3 Å². The molecular formula is C16H17F2N5O. The van der Waals surface area contributed by atoms with Gasteiger partial charge in [-0.25, -0.2) is 23.5 Å². The van der Waals surface area contributed by atoms with E-state index in [4.69, 9.17) is 0 Å². The van der Waals surface area contributed by atoms with Crippen molar-refractivity contribution in [1.82, 2.24) is 15.3 Å². The normalized spacial score (nSPS) is 16.9. The molecular weight excluding hydrogens is 316 g/mol. The maximum absolute atomic E-state index is 13.5. The Bertz CT molecular complexity index is 693. The molecule has 1 saturated heterocycles. The summed E-state index contributed by atoms with van der Waals surface area (Å²) in [5, 5.41) is 4.85. The van der Waals surface area contributed by atoms with Gasteiger partial charge in [0, 0.05) is 31.5 Å². The van der Waals surface area contributed by atoms with Gasteiger partial charge >= 0.3 is 6.03 Å². The number of hydrogen-bond donors (Lipinski definition) is 2. The Kier molecular flexibility index (Phi) is 4.83. The molecule has 1 fully saturated rings. The molecule has 0 bridgehead atoms. The zero-order valence-electron chi connectivity index (χ0n) is 12.9. The van der Waals surface area contributed by atoms with Crippen LogP contribution in [0.25, 0.3) is 0 Å². The van der Waals surface area contributed by atoms with Gasteiger partial charge < -0.3 is 15.5 Å². The van der Waals surface area contributed by atoms with Gasteiger partial charge in [0.15, 0.2) is 0 Å². The van der Waals surface area contributed by atoms with Gasteiger partial charge in [0.25, 0.3) is 0 Å². The highest BCUT2D eigenvalue weighted by Gasteiger charge is 2.26. The second-order valence-electron chi connectivity index (χ2n) is 5.47. The van der Waals surface area contributed by atoms with Gasteiger partial charge in [-0.15, -0.1) is 0 Å². The minimum atomic E-state index is -0.815. The van der Waals surface area contributed by atoms with E-state index in [9.17, 15) is 13.6 Å². The third kappa shape index (κ3) is 3.58. The first-order valence-corrected chi connectivity index (χ1v) is 7.67. The van der Waals surface area contributed by atoms with E-state index in [1.807, 2.05) is 4.90 Å². The van der Waals surface area contributed by atoms with Gasteiger partial charge in [-0.1, -0.05) is 6.07 Å². The van der Waals surface area contributed by atoms with Gasteiger partial charge in [-0.3, -0.25) is 0 Å². The molecule has 1 atom stereocenters. The van der Waals surface area contributed by atoms with Crippen LogP contribution in [-0.2, 0) is 0 Å². The summed E-state index contributed by atoms with van der Waals surface area (Å²) in [5.74, 6) is -1.02. The molecule has 1 aliphatic rings. The van der Waals surface area contributed by atoms with Crippen molar-refractivity contribution in [2.45, 2.75) is 18.9 Å². The quantitative estimate of drug-likeness (QED) is 0.902. The predicted octanol–water partition coefficient (Wildman–Crippen LogP) is 2.55. The van der Waals surface area contributed by atoms with Crippen LogP contribution in [0.4, 0.5) is 25.2 Å². The van der Waals surface area contributed by atoms with E-state index >= 15 is 0 Å². The van der Waals surface area contributed by atoms with E-state index in [1.165, 1.54) is 6.07 Å². The Hall–Kier alpha value is -2.77. The van der Waals surface area contributed by atoms with Crippen molar-refractivity contribution in [3.05, 3.63) is 48.3 Å². The smallest absolute Gasteiger partial charge is 0.319 e. The number of carbonyl (C=O) groups excluding carboxylic acids is 1. The number of nitrogens with one attached hydrogen (secondary N) is 2. The summed E-state index contributed by atoms with van der Waals surface area (Å²) in [6.45, 7) is 1.14. The second-order valence-corrected chi connectivity index (χ2v) is 5.47. The monoisotopic (exact) mass is 333 g/mol. The van der Waals surface area contributed by atoms with E-state index in [-0.39, 0.29) is 6.04 Å². The van der Waals surface area contributed by atoms with Crippen LogP contribution in [0, 0.1) is 11.6 Å². The Labute approximate surface area is 137 Å². The van der Waals surface area contributed by atoms with Crippen molar-refractivity contribution in [3.8, 4) is 0 Å². The average molecular weight is 333 g/mol. The third-order valence-electron chi connectivity index (χ3n) is 3.89. The van der Waals surface area contributed by atoms with Crippen molar-refractivity contribution in [1.29, 1.82) is 0 Å². The zero-order chi connectivity index (χ0) is 16.9. The van der Waals surface area contributed by atoms with Crippen LogP contribution in [-0.4, -0.2) is 35.1 Å². The van der Waals surface area contributed by atoms with E-state index in [0.717, 1.165) is 31.5 Å². The van der Waals surface area contributed by atoms with Crippen LogP contribution in [0.2, 0.25) is 0 Å². The summed E-state index contributed by atoms with van der Waals surface area (Å²) >= 11 is 0. The fourth-order valence-electron chi connectivity index (χ4n) is 2.74. The molecule has 2 heterocycles.